The van der Waals surface area contributed by atoms with Crippen LogP contribution in [0.3, 0.4) is 0 Å². The first-order chi connectivity index (χ1) is 15.6. The number of nitrogens with one attached hydrogen (secondary N) is 2. The average molecular weight is 472 g/mol. The molecule has 0 bridgehead atoms. The van der Waals surface area contributed by atoms with Gasteiger partial charge in [-0.1, -0.05) is 24.1 Å². The van der Waals surface area contributed by atoms with Gasteiger partial charge >= 0.3 is 0 Å². The standard InChI is InChI=1S/C25H27Cl2N3O2/c26-7-4-10-32-22-13-18(23-19(24(22)27)14-28-25(23)31)21-12-17-11-16(5-6-20(17)29-21)15-30-8-2-1-3-9-30/h5-6,11-13,29H,1-4,7-10,14-15H2,(H,28,31). The molecule has 32 heavy (non-hydrogen) atoms. The molecule has 0 radical (unpaired) electrons. The smallest absolute Gasteiger partial charge is 0.252 e. The van der Waals surface area contributed by atoms with Crippen molar-refractivity contribution in [3.05, 3.63) is 52.0 Å². The first-order valence-corrected chi connectivity index (χ1v) is 12.2. The molecule has 3 heterocycles. The highest BCUT2D eigenvalue weighted by molar-refractivity contribution is 6.34. The summed E-state index contributed by atoms with van der Waals surface area (Å²) in [4.78, 5) is 18.6. The number of hydrogen-bond donors (Lipinski definition) is 2. The number of aromatic amines is 1. The van der Waals surface area contributed by atoms with Gasteiger partial charge in [-0.05, 0) is 62.2 Å². The molecule has 2 N–H and O–H groups in total. The molecule has 0 atom stereocenters. The fraction of sp³-hybridized carbons (Fsp3) is 0.400. The molecule has 5 rings (SSSR count). The number of carbonyl (C=O) groups excluding carboxylic acids is 1. The van der Waals surface area contributed by atoms with Crippen molar-refractivity contribution in [2.75, 3.05) is 25.6 Å². The Morgan fingerprint density at radius 2 is 1.94 bits per heavy atom. The highest BCUT2D eigenvalue weighted by Crippen LogP contribution is 2.41. The van der Waals surface area contributed by atoms with Crippen LogP contribution >= 0.6 is 23.2 Å². The Bertz CT molecular complexity index is 1150. The van der Waals surface area contributed by atoms with Crippen LogP contribution in [0.25, 0.3) is 22.2 Å². The van der Waals surface area contributed by atoms with Gasteiger partial charge in [0, 0.05) is 46.7 Å². The molecule has 2 aliphatic rings. The summed E-state index contributed by atoms with van der Waals surface area (Å²) < 4.78 is 5.90. The number of hydrogen-bond acceptors (Lipinski definition) is 3. The van der Waals surface area contributed by atoms with Crippen LogP contribution < -0.4 is 10.1 Å². The van der Waals surface area contributed by atoms with Gasteiger partial charge in [0.1, 0.15) is 5.75 Å². The SMILES string of the molecule is O=C1NCc2c(Cl)c(OCCCCl)cc(-c3cc4cc(CN5CCCCC5)ccc4[nH]3)c21. The highest BCUT2D eigenvalue weighted by Gasteiger charge is 2.29. The lowest BCUT2D eigenvalue weighted by Gasteiger charge is -2.26. The number of piperidine rings is 1. The summed E-state index contributed by atoms with van der Waals surface area (Å²) >= 11 is 12.4. The van der Waals surface area contributed by atoms with Crippen LogP contribution in [0.15, 0.2) is 30.3 Å². The summed E-state index contributed by atoms with van der Waals surface area (Å²) in [6.07, 6.45) is 4.64. The topological polar surface area (TPSA) is 57.4 Å². The fourth-order valence-electron chi connectivity index (χ4n) is 4.73. The van der Waals surface area contributed by atoms with Gasteiger partial charge < -0.3 is 15.0 Å². The Hall–Kier alpha value is -2.21. The Morgan fingerprint density at radius 1 is 1.09 bits per heavy atom. The molecule has 1 aromatic heterocycles. The van der Waals surface area contributed by atoms with Crippen molar-refractivity contribution < 1.29 is 9.53 Å². The lowest BCUT2D eigenvalue weighted by Crippen LogP contribution is -2.28. The number of aromatic nitrogens is 1. The van der Waals surface area contributed by atoms with Gasteiger partial charge in [-0.15, -0.1) is 11.6 Å². The van der Waals surface area contributed by atoms with E-state index >= 15 is 0 Å². The van der Waals surface area contributed by atoms with E-state index in [1.807, 2.05) is 6.07 Å². The monoisotopic (exact) mass is 471 g/mol. The number of halogens is 2. The molecule has 1 saturated heterocycles. The van der Waals surface area contributed by atoms with Crippen LogP contribution in [0.2, 0.25) is 5.02 Å². The third-order valence-electron chi connectivity index (χ3n) is 6.35. The molecule has 1 amide bonds. The van der Waals surface area contributed by atoms with Crippen LogP contribution in [-0.4, -0.2) is 41.4 Å². The molecule has 2 aliphatic heterocycles. The zero-order valence-electron chi connectivity index (χ0n) is 18.0. The Balaban J connectivity index is 1.50. The second-order valence-corrected chi connectivity index (χ2v) is 9.36. The van der Waals surface area contributed by atoms with Gasteiger partial charge in [0.25, 0.3) is 5.91 Å². The van der Waals surface area contributed by atoms with Gasteiger partial charge in [0.05, 0.1) is 17.2 Å². The largest absolute Gasteiger partial charge is 0.492 e. The third kappa shape index (κ3) is 4.21. The normalized spacial score (nSPS) is 16.4. The van der Waals surface area contributed by atoms with Crippen LogP contribution in [0.4, 0.5) is 0 Å². The number of H-pyrrole nitrogens is 1. The van der Waals surface area contributed by atoms with Crippen LogP contribution in [0.1, 0.15) is 47.2 Å². The van der Waals surface area contributed by atoms with E-state index in [2.05, 4.69) is 39.5 Å². The number of carbonyl (C=O) groups is 1. The van der Waals surface area contributed by atoms with Gasteiger partial charge in [-0.25, -0.2) is 0 Å². The van der Waals surface area contributed by atoms with Crippen molar-refractivity contribution in [2.45, 2.75) is 38.8 Å². The Morgan fingerprint density at radius 3 is 2.75 bits per heavy atom. The van der Waals surface area contributed by atoms with Gasteiger partial charge in [0.2, 0.25) is 0 Å². The van der Waals surface area contributed by atoms with E-state index in [4.69, 9.17) is 27.9 Å². The second-order valence-electron chi connectivity index (χ2n) is 8.60. The van der Waals surface area contributed by atoms with Gasteiger partial charge in [-0.2, -0.15) is 0 Å². The third-order valence-corrected chi connectivity index (χ3v) is 7.03. The Labute approximate surface area is 198 Å². The zero-order valence-corrected chi connectivity index (χ0v) is 19.5. The van der Waals surface area contributed by atoms with E-state index in [0.29, 0.717) is 35.4 Å². The van der Waals surface area contributed by atoms with Gasteiger partial charge in [-0.3, -0.25) is 9.69 Å². The fourth-order valence-corrected chi connectivity index (χ4v) is 5.10. The van der Waals surface area contributed by atoms with Crippen molar-refractivity contribution in [2.24, 2.45) is 0 Å². The minimum Gasteiger partial charge on any atom is -0.492 e. The van der Waals surface area contributed by atoms with Crippen molar-refractivity contribution in [3.63, 3.8) is 0 Å². The molecular weight excluding hydrogens is 445 g/mol. The summed E-state index contributed by atoms with van der Waals surface area (Å²) in [5.41, 5.74) is 5.49. The maximum atomic E-state index is 12.6. The van der Waals surface area contributed by atoms with Crippen molar-refractivity contribution in [3.8, 4) is 17.0 Å². The zero-order chi connectivity index (χ0) is 22.1. The van der Waals surface area contributed by atoms with E-state index in [0.717, 1.165) is 40.7 Å². The molecule has 3 aromatic rings. The molecule has 0 unspecified atom stereocenters. The van der Waals surface area contributed by atoms with Gasteiger partial charge in [0.15, 0.2) is 0 Å². The number of amides is 1. The molecule has 2 aromatic carbocycles. The van der Waals surface area contributed by atoms with E-state index in [9.17, 15) is 4.79 Å². The predicted octanol–water partition coefficient (Wildman–Crippen LogP) is 5.73. The number of ether oxygens (including phenoxy) is 1. The molecule has 168 valence electrons. The number of likely N-dealkylation sites (tertiary alicyclic amines) is 1. The predicted molar refractivity (Wildman–Crippen MR) is 130 cm³/mol. The number of alkyl halides is 1. The molecule has 0 aliphatic carbocycles. The van der Waals surface area contributed by atoms with E-state index in [1.165, 1.54) is 37.9 Å². The summed E-state index contributed by atoms with van der Waals surface area (Å²) in [5, 5.41) is 4.54. The number of nitrogens with zero attached hydrogens (tertiary/aromatic N) is 1. The quantitative estimate of drug-likeness (QED) is 0.341. The summed E-state index contributed by atoms with van der Waals surface area (Å²) in [6.45, 7) is 4.22. The number of rotatable bonds is 7. The van der Waals surface area contributed by atoms with Crippen molar-refractivity contribution in [1.82, 2.24) is 15.2 Å². The molecule has 7 heteroatoms. The summed E-state index contributed by atoms with van der Waals surface area (Å²) in [7, 11) is 0. The van der Waals surface area contributed by atoms with Crippen LogP contribution in [-0.2, 0) is 13.1 Å². The first-order valence-electron chi connectivity index (χ1n) is 11.3. The Kier molecular flexibility index (Phi) is 6.31. The number of benzene rings is 2. The van der Waals surface area contributed by atoms with Crippen molar-refractivity contribution in [1.29, 1.82) is 0 Å². The van der Waals surface area contributed by atoms with Crippen LogP contribution in [0.5, 0.6) is 5.75 Å². The van der Waals surface area contributed by atoms with E-state index < -0.39 is 0 Å². The minimum absolute atomic E-state index is 0.103. The molecule has 0 saturated carbocycles. The number of fused-ring (bicyclic) bond motifs is 2. The minimum atomic E-state index is -0.103. The first kappa shape index (κ1) is 21.6. The maximum Gasteiger partial charge on any atom is 0.252 e. The highest BCUT2D eigenvalue weighted by atomic mass is 35.5. The summed E-state index contributed by atoms with van der Waals surface area (Å²) in [6, 6.07) is 10.6. The lowest BCUT2D eigenvalue weighted by molar-refractivity contribution is 0.0966. The molecule has 0 spiro atoms. The lowest BCUT2D eigenvalue weighted by atomic mass is 9.99. The summed E-state index contributed by atoms with van der Waals surface area (Å²) in [5.74, 6) is 1.01. The molecular formula is C25H27Cl2N3O2. The molecule has 1 fully saturated rings. The average Bonchev–Trinajstić information content (AvgIpc) is 3.40. The van der Waals surface area contributed by atoms with Crippen LogP contribution in [0, 0.1) is 0 Å². The molecule has 5 nitrogen and oxygen atoms in total. The van der Waals surface area contributed by atoms with E-state index in [1.54, 1.807) is 0 Å². The van der Waals surface area contributed by atoms with Crippen molar-refractivity contribution >= 4 is 40.0 Å². The maximum absolute atomic E-state index is 12.6. The second kappa shape index (κ2) is 9.34. The van der Waals surface area contributed by atoms with E-state index in [-0.39, 0.29) is 5.91 Å².